The number of carbonyl (C=O) groups excluding carboxylic acids is 1. The molecule has 0 bridgehead atoms. The fourth-order valence-corrected chi connectivity index (χ4v) is 3.91. The van der Waals surface area contributed by atoms with Crippen molar-refractivity contribution in [1.29, 1.82) is 0 Å². The number of carbonyl (C=O) groups is 1. The zero-order valence-electron chi connectivity index (χ0n) is 16.7. The largest absolute Gasteiger partial charge is 0.474 e. The highest BCUT2D eigenvalue weighted by molar-refractivity contribution is 5.87. The Morgan fingerprint density at radius 1 is 1.32 bits per heavy atom. The number of hydrogen-bond acceptors (Lipinski definition) is 6. The van der Waals surface area contributed by atoms with Crippen LogP contribution in [0.1, 0.15) is 25.5 Å². The first-order valence-electron chi connectivity index (χ1n) is 10.2. The molecule has 1 atom stereocenters. The summed E-state index contributed by atoms with van der Waals surface area (Å²) in [6.45, 7) is 6.87. The predicted octanol–water partition coefficient (Wildman–Crippen LogP) is 1.47. The quantitative estimate of drug-likeness (QED) is 0.836. The molecule has 8 heteroatoms. The molecule has 2 saturated heterocycles. The van der Waals surface area contributed by atoms with Crippen molar-refractivity contribution in [1.82, 2.24) is 25.0 Å². The Kier molecular flexibility index (Phi) is 5.77. The van der Waals surface area contributed by atoms with Gasteiger partial charge in [-0.25, -0.2) is 4.98 Å². The number of H-pyrrole nitrogens is 1. The summed E-state index contributed by atoms with van der Waals surface area (Å²) in [7, 11) is 2.09. The molecule has 0 saturated carbocycles. The van der Waals surface area contributed by atoms with Crippen LogP contribution < -0.4 is 4.74 Å². The van der Waals surface area contributed by atoms with Crippen LogP contribution in [0.4, 0.5) is 0 Å². The molecule has 2 aliphatic rings. The van der Waals surface area contributed by atoms with Crippen molar-refractivity contribution in [2.45, 2.75) is 32.3 Å². The summed E-state index contributed by atoms with van der Waals surface area (Å²) in [6, 6.07) is 1.87. The summed E-state index contributed by atoms with van der Waals surface area (Å²) in [4.78, 5) is 21.6. The summed E-state index contributed by atoms with van der Waals surface area (Å²) in [5.74, 6) is 0.683. The lowest BCUT2D eigenvalue weighted by atomic mass is 10.0. The third-order valence-corrected chi connectivity index (χ3v) is 5.70. The second-order valence-corrected chi connectivity index (χ2v) is 7.88. The SMILES string of the molecule is CC(Cc1[nH]nc2ccnc(OC3CCOCC3)c12)C(=O)N1CCN(C)CC1. The van der Waals surface area contributed by atoms with Crippen molar-refractivity contribution in [2.75, 3.05) is 46.4 Å². The number of hydrogen-bond donors (Lipinski definition) is 1. The molecule has 8 nitrogen and oxygen atoms in total. The highest BCUT2D eigenvalue weighted by atomic mass is 16.5. The normalized spacial score (nSPS) is 20.4. The van der Waals surface area contributed by atoms with Crippen LogP contribution in [0.25, 0.3) is 10.9 Å². The molecular formula is C20H29N5O3. The Morgan fingerprint density at radius 3 is 2.82 bits per heavy atom. The van der Waals surface area contributed by atoms with Gasteiger partial charge in [0, 0.05) is 63.3 Å². The minimum absolute atomic E-state index is 0.110. The van der Waals surface area contributed by atoms with Gasteiger partial charge in [-0.15, -0.1) is 0 Å². The van der Waals surface area contributed by atoms with Gasteiger partial charge in [0.2, 0.25) is 11.8 Å². The lowest BCUT2D eigenvalue weighted by Crippen LogP contribution is -2.48. The maximum absolute atomic E-state index is 12.9. The number of nitrogens with zero attached hydrogens (tertiary/aromatic N) is 4. The van der Waals surface area contributed by atoms with Crippen molar-refractivity contribution in [2.24, 2.45) is 5.92 Å². The van der Waals surface area contributed by atoms with E-state index in [4.69, 9.17) is 9.47 Å². The first-order valence-corrected chi connectivity index (χ1v) is 10.2. The molecule has 1 N–H and O–H groups in total. The fourth-order valence-electron chi connectivity index (χ4n) is 3.91. The van der Waals surface area contributed by atoms with Crippen molar-refractivity contribution in [3.8, 4) is 5.88 Å². The molecular weight excluding hydrogens is 358 g/mol. The van der Waals surface area contributed by atoms with Crippen LogP contribution >= 0.6 is 0 Å². The van der Waals surface area contributed by atoms with E-state index in [0.717, 1.165) is 68.8 Å². The Hall–Kier alpha value is -2.19. The van der Waals surface area contributed by atoms with Crippen LogP contribution in [-0.2, 0) is 16.0 Å². The van der Waals surface area contributed by atoms with Crippen LogP contribution in [0.2, 0.25) is 0 Å². The smallest absolute Gasteiger partial charge is 0.225 e. The zero-order chi connectivity index (χ0) is 19.5. The lowest BCUT2D eigenvalue weighted by molar-refractivity contribution is -0.136. The maximum Gasteiger partial charge on any atom is 0.225 e. The molecule has 0 aliphatic carbocycles. The van der Waals surface area contributed by atoms with E-state index in [0.29, 0.717) is 12.3 Å². The topological polar surface area (TPSA) is 83.6 Å². The third-order valence-electron chi connectivity index (χ3n) is 5.70. The third kappa shape index (κ3) is 4.12. The van der Waals surface area contributed by atoms with Gasteiger partial charge in [0.15, 0.2) is 0 Å². The van der Waals surface area contributed by atoms with Crippen LogP contribution in [-0.4, -0.2) is 83.4 Å². The number of nitrogens with one attached hydrogen (secondary N) is 1. The van der Waals surface area contributed by atoms with Crippen molar-refractivity contribution in [3.05, 3.63) is 18.0 Å². The van der Waals surface area contributed by atoms with Crippen molar-refractivity contribution >= 4 is 16.8 Å². The van der Waals surface area contributed by atoms with E-state index in [-0.39, 0.29) is 17.9 Å². The standard InChI is InChI=1S/C20H29N5O3/c1-14(20(26)25-9-7-24(2)8-10-25)13-17-18-16(22-23-17)3-6-21-19(18)28-15-4-11-27-12-5-15/h3,6,14-15H,4-5,7-13H2,1-2H3,(H,22,23). The van der Waals surface area contributed by atoms with Gasteiger partial charge >= 0.3 is 0 Å². The van der Waals surface area contributed by atoms with Crippen LogP contribution in [0, 0.1) is 5.92 Å². The highest BCUT2D eigenvalue weighted by Crippen LogP contribution is 2.29. The molecule has 0 radical (unpaired) electrons. The second kappa shape index (κ2) is 8.45. The molecule has 2 aliphatic heterocycles. The van der Waals surface area contributed by atoms with E-state index in [1.54, 1.807) is 6.20 Å². The van der Waals surface area contributed by atoms with E-state index >= 15 is 0 Å². The van der Waals surface area contributed by atoms with Gasteiger partial charge in [0.25, 0.3) is 0 Å². The van der Waals surface area contributed by atoms with Crippen LogP contribution in [0.5, 0.6) is 5.88 Å². The Morgan fingerprint density at radius 2 is 2.07 bits per heavy atom. The number of rotatable bonds is 5. The summed E-state index contributed by atoms with van der Waals surface area (Å²) >= 11 is 0. The van der Waals surface area contributed by atoms with Gasteiger partial charge in [-0.3, -0.25) is 9.89 Å². The summed E-state index contributed by atoms with van der Waals surface area (Å²) in [5.41, 5.74) is 1.74. The fraction of sp³-hybridized carbons (Fsp3) is 0.650. The summed E-state index contributed by atoms with van der Waals surface area (Å²) in [5, 5.41) is 8.41. The summed E-state index contributed by atoms with van der Waals surface area (Å²) in [6.07, 6.45) is 4.16. The van der Waals surface area contributed by atoms with E-state index in [1.807, 2.05) is 17.9 Å². The average Bonchev–Trinajstić information content (AvgIpc) is 3.12. The Labute approximate surface area is 165 Å². The zero-order valence-corrected chi connectivity index (χ0v) is 16.7. The number of aromatic amines is 1. The van der Waals surface area contributed by atoms with Gasteiger partial charge in [0.1, 0.15) is 6.10 Å². The Balaban J connectivity index is 1.49. The number of ether oxygens (including phenoxy) is 2. The number of likely N-dealkylation sites (N-methyl/N-ethyl adjacent to an activating group) is 1. The number of piperazine rings is 1. The molecule has 4 rings (SSSR count). The molecule has 152 valence electrons. The van der Waals surface area contributed by atoms with Gasteiger partial charge in [0.05, 0.1) is 24.1 Å². The molecule has 28 heavy (non-hydrogen) atoms. The first-order chi connectivity index (χ1) is 13.6. The molecule has 2 aromatic heterocycles. The van der Waals surface area contributed by atoms with Crippen LogP contribution in [0.3, 0.4) is 0 Å². The van der Waals surface area contributed by atoms with E-state index in [9.17, 15) is 4.79 Å². The average molecular weight is 387 g/mol. The van der Waals surface area contributed by atoms with Gasteiger partial charge in [-0.2, -0.15) is 5.10 Å². The van der Waals surface area contributed by atoms with Crippen molar-refractivity contribution < 1.29 is 14.3 Å². The monoisotopic (exact) mass is 387 g/mol. The van der Waals surface area contributed by atoms with Crippen molar-refractivity contribution in [3.63, 3.8) is 0 Å². The molecule has 2 aromatic rings. The molecule has 0 aromatic carbocycles. The van der Waals surface area contributed by atoms with E-state index < -0.39 is 0 Å². The van der Waals surface area contributed by atoms with Crippen LogP contribution in [0.15, 0.2) is 12.3 Å². The minimum Gasteiger partial charge on any atom is -0.474 e. The van der Waals surface area contributed by atoms with E-state index in [2.05, 4.69) is 27.1 Å². The van der Waals surface area contributed by atoms with Gasteiger partial charge < -0.3 is 19.3 Å². The first kappa shape index (κ1) is 19.1. The Bertz CT molecular complexity index is 809. The number of pyridine rings is 1. The molecule has 0 spiro atoms. The number of fused-ring (bicyclic) bond motifs is 1. The van der Waals surface area contributed by atoms with E-state index in [1.165, 1.54) is 0 Å². The van der Waals surface area contributed by atoms with Gasteiger partial charge in [-0.1, -0.05) is 6.92 Å². The highest BCUT2D eigenvalue weighted by Gasteiger charge is 2.26. The summed E-state index contributed by atoms with van der Waals surface area (Å²) < 4.78 is 11.6. The number of amides is 1. The number of aromatic nitrogens is 3. The lowest BCUT2D eigenvalue weighted by Gasteiger charge is -2.34. The second-order valence-electron chi connectivity index (χ2n) is 7.88. The molecule has 4 heterocycles. The molecule has 1 amide bonds. The molecule has 2 fully saturated rings. The molecule has 1 unspecified atom stereocenters. The maximum atomic E-state index is 12.9. The van der Waals surface area contributed by atoms with Gasteiger partial charge in [-0.05, 0) is 13.1 Å². The minimum atomic E-state index is -0.122. The predicted molar refractivity (Wildman–Crippen MR) is 105 cm³/mol.